The summed E-state index contributed by atoms with van der Waals surface area (Å²) in [6, 6.07) is 1.81. The third kappa shape index (κ3) is 4.93. The van der Waals surface area contributed by atoms with Gasteiger partial charge in [-0.15, -0.1) is 0 Å². The number of thioether (sulfide) groups is 1. The second-order valence-corrected chi connectivity index (χ2v) is 4.69. The fraction of sp³-hybridized carbons (Fsp3) is 0.545. The monoisotopic (exact) mass is 224 g/mol. The van der Waals surface area contributed by atoms with E-state index in [0.717, 1.165) is 18.0 Å². The van der Waals surface area contributed by atoms with Crippen LogP contribution in [0.1, 0.15) is 33.1 Å². The summed E-state index contributed by atoms with van der Waals surface area (Å²) in [5.74, 6) is 0.253. The summed E-state index contributed by atoms with van der Waals surface area (Å²) in [5, 5.41) is 1.24. The lowest BCUT2D eigenvalue weighted by molar-refractivity contribution is -0.117. The number of hydrogen-bond acceptors (Lipinski definition) is 4. The van der Waals surface area contributed by atoms with Gasteiger partial charge in [-0.05, 0) is 25.8 Å². The van der Waals surface area contributed by atoms with E-state index in [0.29, 0.717) is 11.7 Å². The SMILES string of the molecule is CC[C@H](CCC(C)=O)Sc1ncccn1. The molecule has 0 aliphatic heterocycles. The predicted molar refractivity (Wildman–Crippen MR) is 61.9 cm³/mol. The van der Waals surface area contributed by atoms with E-state index in [9.17, 15) is 4.79 Å². The molecule has 0 saturated heterocycles. The Morgan fingerprint density at radius 1 is 1.47 bits per heavy atom. The van der Waals surface area contributed by atoms with E-state index < -0.39 is 0 Å². The molecule has 0 aromatic carbocycles. The van der Waals surface area contributed by atoms with Crippen molar-refractivity contribution in [2.75, 3.05) is 0 Å². The van der Waals surface area contributed by atoms with Crippen molar-refractivity contribution in [1.82, 2.24) is 9.97 Å². The topological polar surface area (TPSA) is 42.9 Å². The molecule has 0 radical (unpaired) electrons. The first-order valence-corrected chi connectivity index (χ1v) is 6.03. The van der Waals surface area contributed by atoms with Gasteiger partial charge in [0.05, 0.1) is 0 Å². The Morgan fingerprint density at radius 2 is 2.13 bits per heavy atom. The average molecular weight is 224 g/mol. The number of rotatable bonds is 6. The van der Waals surface area contributed by atoms with E-state index in [2.05, 4.69) is 16.9 Å². The number of aromatic nitrogens is 2. The van der Waals surface area contributed by atoms with Crippen molar-refractivity contribution in [2.45, 2.75) is 43.5 Å². The first-order valence-electron chi connectivity index (χ1n) is 5.15. The highest BCUT2D eigenvalue weighted by molar-refractivity contribution is 7.99. The quantitative estimate of drug-likeness (QED) is 0.550. The standard InChI is InChI=1S/C11H16N2OS/c1-3-10(6-5-9(2)14)15-11-12-7-4-8-13-11/h4,7-8,10H,3,5-6H2,1-2H3/t10-/m1/s1. The van der Waals surface area contributed by atoms with Crippen molar-refractivity contribution in [3.63, 3.8) is 0 Å². The third-order valence-electron chi connectivity index (χ3n) is 2.09. The molecular weight excluding hydrogens is 208 g/mol. The molecule has 1 aromatic heterocycles. The zero-order chi connectivity index (χ0) is 11.1. The molecule has 1 heterocycles. The van der Waals surface area contributed by atoms with Gasteiger partial charge >= 0.3 is 0 Å². The number of hydrogen-bond donors (Lipinski definition) is 0. The molecule has 3 nitrogen and oxygen atoms in total. The highest BCUT2D eigenvalue weighted by atomic mass is 32.2. The van der Waals surface area contributed by atoms with E-state index in [1.54, 1.807) is 37.1 Å². The molecule has 0 N–H and O–H groups in total. The number of carbonyl (C=O) groups is 1. The normalized spacial score (nSPS) is 12.4. The summed E-state index contributed by atoms with van der Waals surface area (Å²) in [6.45, 7) is 3.76. The van der Waals surface area contributed by atoms with Crippen LogP contribution in [0.5, 0.6) is 0 Å². The molecule has 0 aliphatic carbocycles. The lowest BCUT2D eigenvalue weighted by Crippen LogP contribution is -2.04. The molecule has 82 valence electrons. The summed E-state index contributed by atoms with van der Waals surface area (Å²) >= 11 is 1.66. The van der Waals surface area contributed by atoms with Crippen LogP contribution in [0.25, 0.3) is 0 Å². The Morgan fingerprint density at radius 3 is 2.67 bits per heavy atom. The highest BCUT2D eigenvalue weighted by Gasteiger charge is 2.10. The van der Waals surface area contributed by atoms with Crippen molar-refractivity contribution in [3.8, 4) is 0 Å². The van der Waals surface area contributed by atoms with Gasteiger partial charge in [-0.2, -0.15) is 0 Å². The molecular formula is C11H16N2OS. The van der Waals surface area contributed by atoms with Crippen LogP contribution in [0.4, 0.5) is 0 Å². The van der Waals surface area contributed by atoms with Crippen LogP contribution in [0.15, 0.2) is 23.6 Å². The minimum Gasteiger partial charge on any atom is -0.300 e. The summed E-state index contributed by atoms with van der Waals surface area (Å²) in [5.41, 5.74) is 0. The van der Waals surface area contributed by atoms with Crippen molar-refractivity contribution in [2.24, 2.45) is 0 Å². The molecule has 1 aromatic rings. The van der Waals surface area contributed by atoms with Crippen LogP contribution in [0.2, 0.25) is 0 Å². The van der Waals surface area contributed by atoms with Gasteiger partial charge in [0.15, 0.2) is 5.16 Å². The summed E-state index contributed by atoms with van der Waals surface area (Å²) in [7, 11) is 0. The van der Waals surface area contributed by atoms with E-state index in [1.807, 2.05) is 0 Å². The minimum absolute atomic E-state index is 0.253. The van der Waals surface area contributed by atoms with E-state index in [-0.39, 0.29) is 5.78 Å². The summed E-state index contributed by atoms with van der Waals surface area (Å²) in [6.07, 6.45) is 6.09. The second kappa shape index (κ2) is 6.56. The molecule has 15 heavy (non-hydrogen) atoms. The fourth-order valence-electron chi connectivity index (χ4n) is 1.21. The predicted octanol–water partition coefficient (Wildman–Crippen LogP) is 2.72. The summed E-state index contributed by atoms with van der Waals surface area (Å²) < 4.78 is 0. The zero-order valence-electron chi connectivity index (χ0n) is 9.14. The lowest BCUT2D eigenvalue weighted by Gasteiger charge is -2.11. The molecule has 1 rings (SSSR count). The van der Waals surface area contributed by atoms with Gasteiger partial charge in [-0.1, -0.05) is 18.7 Å². The Balaban J connectivity index is 2.43. The van der Waals surface area contributed by atoms with E-state index >= 15 is 0 Å². The van der Waals surface area contributed by atoms with Gasteiger partial charge in [0.1, 0.15) is 5.78 Å². The van der Waals surface area contributed by atoms with Crippen molar-refractivity contribution >= 4 is 17.5 Å². The molecule has 0 fully saturated rings. The van der Waals surface area contributed by atoms with Crippen LogP contribution >= 0.6 is 11.8 Å². The number of carbonyl (C=O) groups excluding carboxylic acids is 1. The largest absolute Gasteiger partial charge is 0.300 e. The summed E-state index contributed by atoms with van der Waals surface area (Å²) in [4.78, 5) is 19.2. The molecule has 4 heteroatoms. The Bertz CT molecular complexity index is 303. The zero-order valence-corrected chi connectivity index (χ0v) is 9.96. The first kappa shape index (κ1) is 12.2. The van der Waals surface area contributed by atoms with Crippen LogP contribution in [-0.2, 0) is 4.79 Å². The van der Waals surface area contributed by atoms with Crippen molar-refractivity contribution in [3.05, 3.63) is 18.5 Å². The van der Waals surface area contributed by atoms with Crippen LogP contribution in [0.3, 0.4) is 0 Å². The van der Waals surface area contributed by atoms with Gasteiger partial charge in [0.25, 0.3) is 0 Å². The lowest BCUT2D eigenvalue weighted by atomic mass is 10.1. The molecule has 0 unspecified atom stereocenters. The van der Waals surface area contributed by atoms with Gasteiger partial charge in [0, 0.05) is 24.1 Å². The molecule has 0 amide bonds. The van der Waals surface area contributed by atoms with Crippen LogP contribution in [0, 0.1) is 0 Å². The maximum Gasteiger partial charge on any atom is 0.187 e. The smallest absolute Gasteiger partial charge is 0.187 e. The van der Waals surface area contributed by atoms with E-state index in [1.165, 1.54) is 0 Å². The average Bonchev–Trinajstić information content (AvgIpc) is 2.25. The molecule has 0 saturated carbocycles. The van der Waals surface area contributed by atoms with Crippen LogP contribution < -0.4 is 0 Å². The van der Waals surface area contributed by atoms with Gasteiger partial charge in [-0.25, -0.2) is 9.97 Å². The minimum atomic E-state index is 0.253. The van der Waals surface area contributed by atoms with Crippen molar-refractivity contribution in [1.29, 1.82) is 0 Å². The molecule has 0 bridgehead atoms. The third-order valence-corrected chi connectivity index (χ3v) is 3.41. The van der Waals surface area contributed by atoms with Crippen LogP contribution in [-0.4, -0.2) is 21.0 Å². The van der Waals surface area contributed by atoms with Gasteiger partial charge < -0.3 is 4.79 Å². The maximum atomic E-state index is 10.9. The fourth-order valence-corrected chi connectivity index (χ4v) is 2.15. The van der Waals surface area contributed by atoms with E-state index in [4.69, 9.17) is 0 Å². The Labute approximate surface area is 94.7 Å². The first-order chi connectivity index (χ1) is 7.22. The van der Waals surface area contributed by atoms with Gasteiger partial charge in [-0.3, -0.25) is 0 Å². The maximum absolute atomic E-state index is 10.9. The molecule has 1 atom stereocenters. The number of nitrogens with zero attached hydrogens (tertiary/aromatic N) is 2. The Kier molecular flexibility index (Phi) is 5.32. The second-order valence-electron chi connectivity index (χ2n) is 3.42. The molecule has 0 aliphatic rings. The van der Waals surface area contributed by atoms with Gasteiger partial charge in [0.2, 0.25) is 0 Å². The number of ketones is 1. The molecule has 0 spiro atoms. The highest BCUT2D eigenvalue weighted by Crippen LogP contribution is 2.24. The number of Topliss-reactive ketones (excluding diaryl/α,β-unsaturated/α-hetero) is 1. The van der Waals surface area contributed by atoms with Crippen molar-refractivity contribution < 1.29 is 4.79 Å². The Hall–Kier alpha value is -0.900.